The van der Waals surface area contributed by atoms with Crippen molar-refractivity contribution >= 4 is 29.1 Å². The molecule has 1 N–H and O–H groups in total. The number of anilines is 2. The fourth-order valence-corrected chi connectivity index (χ4v) is 4.42. The van der Waals surface area contributed by atoms with Gasteiger partial charge in [-0.3, -0.25) is 14.4 Å². The highest BCUT2D eigenvalue weighted by atomic mass is 16.2. The predicted molar refractivity (Wildman–Crippen MR) is 141 cm³/mol. The molecule has 7 heteroatoms. The molecular weight excluding hydrogens is 440 g/mol. The summed E-state index contributed by atoms with van der Waals surface area (Å²) in [6.07, 6.45) is 1.40. The highest BCUT2D eigenvalue weighted by molar-refractivity contribution is 6.06. The minimum atomic E-state index is -0.214. The van der Waals surface area contributed by atoms with Crippen molar-refractivity contribution in [3.8, 4) is 0 Å². The second-order valence-electron chi connectivity index (χ2n) is 9.35. The molecule has 1 aliphatic rings. The van der Waals surface area contributed by atoms with Gasteiger partial charge in [0, 0.05) is 62.6 Å². The van der Waals surface area contributed by atoms with Crippen molar-refractivity contribution in [1.29, 1.82) is 0 Å². The van der Waals surface area contributed by atoms with Crippen LogP contribution >= 0.6 is 0 Å². The topological polar surface area (TPSA) is 73.0 Å². The molecule has 0 saturated carbocycles. The van der Waals surface area contributed by atoms with E-state index in [4.69, 9.17) is 0 Å². The number of nitrogens with zero attached hydrogens (tertiary/aromatic N) is 3. The molecule has 188 valence electrons. The van der Waals surface area contributed by atoms with E-state index < -0.39 is 0 Å². The quantitative estimate of drug-likeness (QED) is 0.606. The average Bonchev–Trinajstić information content (AvgIpc) is 3.11. The lowest BCUT2D eigenvalue weighted by Crippen LogP contribution is -2.37. The van der Waals surface area contributed by atoms with Gasteiger partial charge in [0.2, 0.25) is 5.91 Å². The zero-order valence-corrected chi connectivity index (χ0v) is 21.4. The lowest BCUT2D eigenvalue weighted by Gasteiger charge is -2.28. The maximum atomic E-state index is 13.5. The maximum Gasteiger partial charge on any atom is 0.256 e. The second kappa shape index (κ2) is 12.4. The molecule has 0 aliphatic carbocycles. The Morgan fingerprint density at radius 1 is 0.943 bits per heavy atom. The first kappa shape index (κ1) is 26.3. The molecule has 7 nitrogen and oxygen atoms in total. The molecule has 0 bridgehead atoms. The number of hydrogen-bond acceptors (Lipinski definition) is 4. The van der Waals surface area contributed by atoms with E-state index in [1.54, 1.807) is 23.1 Å². The molecule has 0 spiro atoms. The number of nitrogens with one attached hydrogen (secondary N) is 1. The summed E-state index contributed by atoms with van der Waals surface area (Å²) in [5, 5.41) is 2.93. The number of amides is 3. The first-order valence-corrected chi connectivity index (χ1v) is 12.7. The normalized spacial score (nSPS) is 14.0. The van der Waals surface area contributed by atoms with Crippen LogP contribution in [0.4, 0.5) is 11.4 Å². The summed E-state index contributed by atoms with van der Waals surface area (Å²) in [7, 11) is 0. The lowest BCUT2D eigenvalue weighted by atomic mass is 10.1. The predicted octanol–water partition coefficient (Wildman–Crippen LogP) is 4.51. The van der Waals surface area contributed by atoms with E-state index in [0.717, 1.165) is 25.2 Å². The van der Waals surface area contributed by atoms with Crippen molar-refractivity contribution in [1.82, 2.24) is 9.80 Å². The van der Waals surface area contributed by atoms with Crippen molar-refractivity contribution in [2.75, 3.05) is 49.5 Å². The van der Waals surface area contributed by atoms with E-state index in [9.17, 15) is 14.4 Å². The van der Waals surface area contributed by atoms with Crippen molar-refractivity contribution in [3.05, 3.63) is 59.7 Å². The molecule has 0 unspecified atom stereocenters. The highest BCUT2D eigenvalue weighted by Crippen LogP contribution is 2.28. The fourth-order valence-electron chi connectivity index (χ4n) is 4.42. The van der Waals surface area contributed by atoms with Crippen molar-refractivity contribution < 1.29 is 14.4 Å². The maximum absolute atomic E-state index is 13.5. The third kappa shape index (κ3) is 6.84. The van der Waals surface area contributed by atoms with Gasteiger partial charge in [-0.1, -0.05) is 32.0 Å². The summed E-state index contributed by atoms with van der Waals surface area (Å²) in [5.41, 5.74) is 2.56. The number of carbonyl (C=O) groups is 3. The van der Waals surface area contributed by atoms with E-state index >= 15 is 0 Å². The SMILES string of the molecule is CCN(CC)C(=O)c1cc(NC(=O)c2ccccc2)ccc1N1CCCN(C(=O)CC(C)C)CC1. The summed E-state index contributed by atoms with van der Waals surface area (Å²) in [6, 6.07) is 14.6. The van der Waals surface area contributed by atoms with Gasteiger partial charge in [-0.15, -0.1) is 0 Å². The van der Waals surface area contributed by atoms with Crippen LogP contribution in [0.25, 0.3) is 0 Å². The Balaban J connectivity index is 1.86. The van der Waals surface area contributed by atoms with Gasteiger partial charge in [-0.25, -0.2) is 0 Å². The van der Waals surface area contributed by atoms with Crippen LogP contribution in [-0.2, 0) is 4.79 Å². The number of carbonyl (C=O) groups excluding carboxylic acids is 3. The molecule has 0 atom stereocenters. The van der Waals surface area contributed by atoms with Crippen LogP contribution in [0.15, 0.2) is 48.5 Å². The standard InChI is InChI=1S/C28H38N4O3/c1-5-30(6-2)28(35)24-20-23(29-27(34)22-11-8-7-9-12-22)13-14-25(24)31-15-10-16-32(18-17-31)26(33)19-21(3)4/h7-9,11-14,20-21H,5-6,10,15-19H2,1-4H3,(H,29,34). The van der Waals surface area contributed by atoms with Crippen molar-refractivity contribution in [2.45, 2.75) is 40.5 Å². The first-order chi connectivity index (χ1) is 16.8. The molecule has 1 fully saturated rings. The van der Waals surface area contributed by atoms with Gasteiger partial charge in [-0.2, -0.15) is 0 Å². The van der Waals surface area contributed by atoms with E-state index in [-0.39, 0.29) is 17.7 Å². The Hall–Kier alpha value is -3.35. The molecule has 3 rings (SSSR count). The molecule has 35 heavy (non-hydrogen) atoms. The summed E-state index contributed by atoms with van der Waals surface area (Å²) in [6.45, 7) is 12.1. The van der Waals surface area contributed by atoms with E-state index in [1.807, 2.05) is 49.1 Å². The van der Waals surface area contributed by atoms with Gasteiger partial charge in [0.1, 0.15) is 0 Å². The average molecular weight is 479 g/mol. The first-order valence-electron chi connectivity index (χ1n) is 12.7. The smallest absolute Gasteiger partial charge is 0.256 e. The number of benzene rings is 2. The monoisotopic (exact) mass is 478 g/mol. The molecule has 0 radical (unpaired) electrons. The minimum absolute atomic E-state index is 0.0576. The third-order valence-electron chi connectivity index (χ3n) is 6.34. The van der Waals surface area contributed by atoms with Crippen LogP contribution in [-0.4, -0.2) is 66.8 Å². The van der Waals surface area contributed by atoms with Gasteiger partial charge >= 0.3 is 0 Å². The Morgan fingerprint density at radius 2 is 1.66 bits per heavy atom. The Morgan fingerprint density at radius 3 is 2.31 bits per heavy atom. The molecule has 1 saturated heterocycles. The fraction of sp³-hybridized carbons (Fsp3) is 0.464. The lowest BCUT2D eigenvalue weighted by molar-refractivity contribution is -0.131. The number of rotatable bonds is 8. The Labute approximate surface area is 209 Å². The summed E-state index contributed by atoms with van der Waals surface area (Å²) < 4.78 is 0. The molecule has 1 aliphatic heterocycles. The van der Waals surface area contributed by atoms with Crippen molar-refractivity contribution in [2.24, 2.45) is 5.92 Å². The molecule has 0 aromatic heterocycles. The zero-order valence-electron chi connectivity index (χ0n) is 21.4. The molecule has 2 aromatic carbocycles. The molecular formula is C28H38N4O3. The van der Waals surface area contributed by atoms with Crippen molar-refractivity contribution in [3.63, 3.8) is 0 Å². The van der Waals surface area contributed by atoms with Crippen LogP contribution < -0.4 is 10.2 Å². The Bertz CT molecular complexity index is 1020. The van der Waals surface area contributed by atoms with E-state index in [2.05, 4.69) is 24.1 Å². The molecule has 3 amide bonds. The van der Waals surface area contributed by atoms with Crippen LogP contribution in [0, 0.1) is 5.92 Å². The van der Waals surface area contributed by atoms with Crippen LogP contribution in [0.2, 0.25) is 0 Å². The van der Waals surface area contributed by atoms with Gasteiger partial charge in [0.15, 0.2) is 0 Å². The second-order valence-corrected chi connectivity index (χ2v) is 9.35. The summed E-state index contributed by atoms with van der Waals surface area (Å²) >= 11 is 0. The summed E-state index contributed by atoms with van der Waals surface area (Å²) in [5.74, 6) is 0.255. The largest absolute Gasteiger partial charge is 0.369 e. The summed E-state index contributed by atoms with van der Waals surface area (Å²) in [4.78, 5) is 44.7. The van der Waals surface area contributed by atoms with E-state index in [1.165, 1.54) is 0 Å². The number of hydrogen-bond donors (Lipinski definition) is 1. The van der Waals surface area contributed by atoms with Gasteiger partial charge in [0.25, 0.3) is 11.8 Å². The van der Waals surface area contributed by atoms with Crippen LogP contribution in [0.3, 0.4) is 0 Å². The van der Waals surface area contributed by atoms with Gasteiger partial charge in [-0.05, 0) is 56.5 Å². The Kier molecular flexibility index (Phi) is 9.29. The van der Waals surface area contributed by atoms with E-state index in [0.29, 0.717) is 55.3 Å². The van der Waals surface area contributed by atoms with Gasteiger partial charge < -0.3 is 20.0 Å². The molecule has 1 heterocycles. The highest BCUT2D eigenvalue weighted by Gasteiger charge is 2.25. The van der Waals surface area contributed by atoms with Crippen LogP contribution in [0.5, 0.6) is 0 Å². The van der Waals surface area contributed by atoms with Crippen LogP contribution in [0.1, 0.15) is 61.3 Å². The zero-order chi connectivity index (χ0) is 25.4. The minimum Gasteiger partial charge on any atom is -0.369 e. The molecule has 2 aromatic rings. The third-order valence-corrected chi connectivity index (χ3v) is 6.34. The van der Waals surface area contributed by atoms with Gasteiger partial charge in [0.05, 0.1) is 5.56 Å².